The fraction of sp³-hybridized carbons (Fsp3) is 0.214. The zero-order chi connectivity index (χ0) is 15.2. The molecule has 0 bridgehead atoms. The van der Waals surface area contributed by atoms with E-state index < -0.39 is 5.97 Å². The van der Waals surface area contributed by atoms with E-state index in [1.54, 1.807) is 18.3 Å². The molecule has 0 aliphatic heterocycles. The van der Waals surface area contributed by atoms with E-state index in [0.717, 1.165) is 6.42 Å². The number of halogens is 1. The van der Waals surface area contributed by atoms with Gasteiger partial charge in [-0.05, 0) is 24.6 Å². The van der Waals surface area contributed by atoms with Crippen LogP contribution in [0.25, 0.3) is 0 Å². The molecule has 2 aromatic rings. The lowest BCUT2D eigenvalue weighted by Crippen LogP contribution is -2.02. The number of nitrogens with one attached hydrogen (secondary N) is 1. The number of hydrogen-bond acceptors (Lipinski definition) is 5. The maximum absolute atomic E-state index is 10.8. The minimum absolute atomic E-state index is 0.117. The van der Waals surface area contributed by atoms with Crippen LogP contribution in [0.1, 0.15) is 23.7 Å². The van der Waals surface area contributed by atoms with Gasteiger partial charge in [-0.3, -0.25) is 0 Å². The lowest BCUT2D eigenvalue weighted by Gasteiger charge is -2.09. The van der Waals surface area contributed by atoms with Crippen LogP contribution in [-0.2, 0) is 0 Å². The molecule has 0 atom stereocenters. The van der Waals surface area contributed by atoms with Crippen LogP contribution in [0.5, 0.6) is 5.88 Å². The third-order valence-electron chi connectivity index (χ3n) is 2.55. The number of carboxylic acid groups (broad SMARTS) is 1. The Morgan fingerprint density at radius 3 is 2.90 bits per heavy atom. The molecule has 0 radical (unpaired) electrons. The molecule has 6 nitrogen and oxygen atoms in total. The zero-order valence-electron chi connectivity index (χ0n) is 11.3. The molecule has 2 rings (SSSR count). The second kappa shape index (κ2) is 6.90. The van der Waals surface area contributed by atoms with Crippen LogP contribution >= 0.6 is 11.6 Å². The molecular formula is C14H14ClN3O3. The van der Waals surface area contributed by atoms with Crippen LogP contribution in [0.2, 0.25) is 5.02 Å². The molecule has 7 heteroatoms. The maximum Gasteiger partial charge on any atom is 0.335 e. The summed E-state index contributed by atoms with van der Waals surface area (Å²) in [6.45, 7) is 2.58. The predicted molar refractivity (Wildman–Crippen MR) is 79.5 cm³/mol. The number of nitrogens with zero attached hydrogens (tertiary/aromatic N) is 2. The average molecular weight is 308 g/mol. The van der Waals surface area contributed by atoms with Crippen molar-refractivity contribution in [1.82, 2.24) is 9.97 Å². The Kier molecular flexibility index (Phi) is 4.94. The summed E-state index contributed by atoms with van der Waals surface area (Å²) < 4.78 is 5.41. The number of anilines is 2. The highest BCUT2D eigenvalue weighted by atomic mass is 35.5. The number of rotatable bonds is 6. The van der Waals surface area contributed by atoms with Gasteiger partial charge in [0.05, 0.1) is 22.9 Å². The smallest absolute Gasteiger partial charge is 0.335 e. The van der Waals surface area contributed by atoms with E-state index in [0.29, 0.717) is 24.1 Å². The van der Waals surface area contributed by atoms with Crippen LogP contribution in [0, 0.1) is 0 Å². The van der Waals surface area contributed by atoms with E-state index in [4.69, 9.17) is 21.4 Å². The van der Waals surface area contributed by atoms with Crippen molar-refractivity contribution in [1.29, 1.82) is 0 Å². The number of aromatic nitrogens is 2. The predicted octanol–water partition coefficient (Wildman–Crippen LogP) is 3.36. The second-order valence-electron chi connectivity index (χ2n) is 4.19. The van der Waals surface area contributed by atoms with Crippen LogP contribution < -0.4 is 10.1 Å². The number of hydrogen-bond donors (Lipinski definition) is 2. The molecule has 1 aromatic heterocycles. The Morgan fingerprint density at radius 2 is 2.24 bits per heavy atom. The molecule has 0 saturated heterocycles. The number of benzene rings is 1. The van der Waals surface area contributed by atoms with Crippen molar-refractivity contribution < 1.29 is 14.6 Å². The molecule has 0 spiro atoms. The number of carbonyl (C=O) groups is 1. The van der Waals surface area contributed by atoms with Gasteiger partial charge < -0.3 is 15.2 Å². The Labute approximate surface area is 126 Å². The van der Waals surface area contributed by atoms with E-state index >= 15 is 0 Å². The monoisotopic (exact) mass is 307 g/mol. The van der Waals surface area contributed by atoms with Crippen LogP contribution in [0.3, 0.4) is 0 Å². The number of ether oxygens (including phenoxy) is 1. The summed E-state index contributed by atoms with van der Waals surface area (Å²) in [5.74, 6) is -0.240. The van der Waals surface area contributed by atoms with Crippen molar-refractivity contribution in [2.24, 2.45) is 0 Å². The van der Waals surface area contributed by atoms with Crippen molar-refractivity contribution in [3.05, 3.63) is 41.0 Å². The fourth-order valence-electron chi connectivity index (χ4n) is 1.56. The van der Waals surface area contributed by atoms with Gasteiger partial charge in [-0.15, -0.1) is 0 Å². The minimum Gasteiger partial charge on any atom is -0.478 e. The highest BCUT2D eigenvalue weighted by molar-refractivity contribution is 6.33. The summed E-state index contributed by atoms with van der Waals surface area (Å²) in [6, 6.07) is 6.04. The molecule has 21 heavy (non-hydrogen) atoms. The van der Waals surface area contributed by atoms with E-state index in [1.165, 1.54) is 12.1 Å². The van der Waals surface area contributed by atoms with Gasteiger partial charge in [0.1, 0.15) is 0 Å². The minimum atomic E-state index is -1.03. The fourth-order valence-corrected chi connectivity index (χ4v) is 1.79. The van der Waals surface area contributed by atoms with Crippen molar-refractivity contribution in [2.45, 2.75) is 13.3 Å². The Balaban J connectivity index is 2.16. The van der Waals surface area contributed by atoms with Gasteiger partial charge in [0.15, 0.2) is 0 Å². The van der Waals surface area contributed by atoms with Crippen molar-refractivity contribution in [3.8, 4) is 5.88 Å². The molecule has 0 unspecified atom stereocenters. The molecule has 0 saturated carbocycles. The second-order valence-corrected chi connectivity index (χ2v) is 4.60. The third-order valence-corrected chi connectivity index (χ3v) is 2.86. The summed E-state index contributed by atoms with van der Waals surface area (Å²) in [5, 5.41) is 12.1. The first-order valence-electron chi connectivity index (χ1n) is 6.36. The molecule has 110 valence electrons. The number of carboxylic acids is 1. The summed E-state index contributed by atoms with van der Waals surface area (Å²) in [7, 11) is 0. The van der Waals surface area contributed by atoms with Crippen molar-refractivity contribution >= 4 is 29.2 Å². The first-order chi connectivity index (χ1) is 10.1. The Hall–Kier alpha value is -2.34. The van der Waals surface area contributed by atoms with Gasteiger partial charge in [-0.1, -0.05) is 18.5 Å². The summed E-state index contributed by atoms with van der Waals surface area (Å²) in [4.78, 5) is 19.1. The maximum atomic E-state index is 10.8. The van der Waals surface area contributed by atoms with E-state index in [1.807, 2.05) is 6.92 Å². The van der Waals surface area contributed by atoms with E-state index in [-0.39, 0.29) is 10.6 Å². The van der Waals surface area contributed by atoms with Crippen molar-refractivity contribution in [2.75, 3.05) is 11.9 Å². The summed E-state index contributed by atoms with van der Waals surface area (Å²) in [5.41, 5.74) is 0.640. The molecule has 1 aromatic carbocycles. The van der Waals surface area contributed by atoms with Crippen LogP contribution in [0.4, 0.5) is 11.6 Å². The first-order valence-corrected chi connectivity index (χ1v) is 6.73. The average Bonchev–Trinajstić information content (AvgIpc) is 2.47. The highest BCUT2D eigenvalue weighted by Crippen LogP contribution is 2.25. The molecule has 0 fully saturated rings. The van der Waals surface area contributed by atoms with Gasteiger partial charge in [0.25, 0.3) is 0 Å². The third kappa shape index (κ3) is 4.06. The summed E-state index contributed by atoms with van der Waals surface area (Å²) in [6.07, 6.45) is 2.45. The standard InChI is InChI=1S/C14H14ClN3O3/c1-2-7-21-12-5-6-16-14(18-12)17-11-4-3-9(13(19)20)8-10(11)15/h3-6,8H,2,7H2,1H3,(H,19,20)(H,16,17,18). The van der Waals surface area contributed by atoms with E-state index in [2.05, 4.69) is 15.3 Å². The molecular weight excluding hydrogens is 294 g/mol. The Morgan fingerprint density at radius 1 is 1.43 bits per heavy atom. The lowest BCUT2D eigenvalue weighted by molar-refractivity contribution is 0.0697. The van der Waals surface area contributed by atoms with Crippen LogP contribution in [0.15, 0.2) is 30.5 Å². The first kappa shape index (κ1) is 15.1. The topological polar surface area (TPSA) is 84.3 Å². The van der Waals surface area contributed by atoms with Gasteiger partial charge >= 0.3 is 5.97 Å². The van der Waals surface area contributed by atoms with Crippen LogP contribution in [-0.4, -0.2) is 27.7 Å². The summed E-state index contributed by atoms with van der Waals surface area (Å²) >= 11 is 6.03. The molecule has 2 N–H and O–H groups in total. The quantitative estimate of drug-likeness (QED) is 0.851. The lowest BCUT2D eigenvalue weighted by atomic mass is 10.2. The Bertz CT molecular complexity index is 649. The normalized spacial score (nSPS) is 10.2. The van der Waals surface area contributed by atoms with Gasteiger partial charge in [0, 0.05) is 12.3 Å². The highest BCUT2D eigenvalue weighted by Gasteiger charge is 2.08. The SMILES string of the molecule is CCCOc1ccnc(Nc2ccc(C(=O)O)cc2Cl)n1. The number of aromatic carboxylic acids is 1. The van der Waals surface area contributed by atoms with Gasteiger partial charge in [-0.25, -0.2) is 9.78 Å². The zero-order valence-corrected chi connectivity index (χ0v) is 12.1. The van der Waals surface area contributed by atoms with Gasteiger partial charge in [0.2, 0.25) is 11.8 Å². The largest absolute Gasteiger partial charge is 0.478 e. The molecule has 1 heterocycles. The van der Waals surface area contributed by atoms with Crippen molar-refractivity contribution in [3.63, 3.8) is 0 Å². The molecule has 0 aliphatic rings. The van der Waals surface area contributed by atoms with E-state index in [9.17, 15) is 4.79 Å². The molecule has 0 aliphatic carbocycles. The van der Waals surface area contributed by atoms with Gasteiger partial charge in [-0.2, -0.15) is 4.98 Å². The molecule has 0 amide bonds.